The summed E-state index contributed by atoms with van der Waals surface area (Å²) < 4.78 is 5.02. The molecule has 76 valence electrons. The quantitative estimate of drug-likeness (QED) is 0.712. The van der Waals surface area contributed by atoms with Crippen molar-refractivity contribution in [1.29, 1.82) is 0 Å². The molecule has 2 heterocycles. The van der Waals surface area contributed by atoms with E-state index in [2.05, 4.69) is 15.2 Å². The van der Waals surface area contributed by atoms with Gasteiger partial charge in [-0.1, -0.05) is 0 Å². The van der Waals surface area contributed by atoms with Crippen LogP contribution in [0.3, 0.4) is 0 Å². The van der Waals surface area contributed by atoms with Gasteiger partial charge in [0, 0.05) is 0 Å². The molecule has 0 unspecified atom stereocenters. The third-order valence-corrected chi connectivity index (χ3v) is 1.65. The molecule has 2 rings (SSSR count). The van der Waals surface area contributed by atoms with Gasteiger partial charge in [0.2, 0.25) is 0 Å². The van der Waals surface area contributed by atoms with Gasteiger partial charge >= 0.3 is 5.97 Å². The Hall–Kier alpha value is -2.44. The SMILES string of the molecule is O=Cc1ccc(-c2nc(C(=O)O)n[nH]2)o1. The van der Waals surface area contributed by atoms with Crippen LogP contribution in [0, 0.1) is 0 Å². The molecule has 0 aliphatic rings. The molecule has 0 amide bonds. The maximum Gasteiger partial charge on any atom is 0.375 e. The first-order valence-electron chi connectivity index (χ1n) is 3.92. The summed E-state index contributed by atoms with van der Waals surface area (Å²) in [5.74, 6) is -1.02. The van der Waals surface area contributed by atoms with Crippen molar-refractivity contribution in [2.45, 2.75) is 0 Å². The summed E-state index contributed by atoms with van der Waals surface area (Å²) in [4.78, 5) is 24.5. The minimum atomic E-state index is -1.24. The molecule has 0 spiro atoms. The molecule has 0 saturated carbocycles. The van der Waals surface area contributed by atoms with E-state index in [0.29, 0.717) is 6.29 Å². The number of aromatic nitrogens is 3. The van der Waals surface area contributed by atoms with Gasteiger partial charge < -0.3 is 9.52 Å². The molecule has 7 nitrogen and oxygen atoms in total. The van der Waals surface area contributed by atoms with Crippen molar-refractivity contribution in [3.63, 3.8) is 0 Å². The van der Waals surface area contributed by atoms with Crippen molar-refractivity contribution in [3.8, 4) is 11.6 Å². The zero-order chi connectivity index (χ0) is 10.8. The van der Waals surface area contributed by atoms with E-state index in [9.17, 15) is 9.59 Å². The molecule has 0 aromatic carbocycles. The first kappa shape index (κ1) is 9.13. The van der Waals surface area contributed by atoms with E-state index >= 15 is 0 Å². The topological polar surface area (TPSA) is 109 Å². The van der Waals surface area contributed by atoms with E-state index in [4.69, 9.17) is 9.52 Å². The molecule has 0 saturated heterocycles. The highest BCUT2D eigenvalue weighted by atomic mass is 16.4. The predicted octanol–water partition coefficient (Wildman–Crippen LogP) is 0.575. The van der Waals surface area contributed by atoms with Crippen molar-refractivity contribution in [2.75, 3.05) is 0 Å². The normalized spacial score (nSPS) is 10.1. The van der Waals surface area contributed by atoms with Crippen LogP contribution < -0.4 is 0 Å². The number of aldehydes is 1. The number of aromatic amines is 1. The van der Waals surface area contributed by atoms with Crippen LogP contribution in [0.5, 0.6) is 0 Å². The van der Waals surface area contributed by atoms with Crippen LogP contribution in [0.15, 0.2) is 16.5 Å². The van der Waals surface area contributed by atoms with Crippen molar-refractivity contribution in [1.82, 2.24) is 15.2 Å². The minimum Gasteiger partial charge on any atom is -0.475 e. The molecule has 2 aromatic heterocycles. The van der Waals surface area contributed by atoms with Gasteiger partial charge in [-0.25, -0.2) is 4.79 Å². The second-order valence-corrected chi connectivity index (χ2v) is 2.63. The second kappa shape index (κ2) is 3.37. The van der Waals surface area contributed by atoms with Crippen molar-refractivity contribution < 1.29 is 19.1 Å². The fourth-order valence-electron chi connectivity index (χ4n) is 1.01. The highest BCUT2D eigenvalue weighted by Gasteiger charge is 2.13. The van der Waals surface area contributed by atoms with Crippen molar-refractivity contribution >= 4 is 12.3 Å². The van der Waals surface area contributed by atoms with Gasteiger partial charge in [-0.2, -0.15) is 4.98 Å². The number of nitrogens with one attached hydrogen (secondary N) is 1. The number of H-pyrrole nitrogens is 1. The zero-order valence-electron chi connectivity index (χ0n) is 7.30. The standard InChI is InChI=1S/C8H5N3O4/c12-3-4-1-2-5(15-4)6-9-7(8(13)14)11-10-6/h1-3H,(H,13,14)(H,9,10,11). The molecule has 15 heavy (non-hydrogen) atoms. The number of furan rings is 1. The molecule has 0 aliphatic heterocycles. The van der Waals surface area contributed by atoms with E-state index in [-0.39, 0.29) is 23.2 Å². The average molecular weight is 207 g/mol. The highest BCUT2D eigenvalue weighted by molar-refractivity contribution is 5.83. The number of aromatic carboxylic acids is 1. The van der Waals surface area contributed by atoms with E-state index in [0.717, 1.165) is 0 Å². The molecule has 7 heteroatoms. The average Bonchev–Trinajstić information content (AvgIpc) is 2.86. The molecule has 0 aliphatic carbocycles. The largest absolute Gasteiger partial charge is 0.475 e. The van der Waals surface area contributed by atoms with Crippen LogP contribution in [0.1, 0.15) is 21.2 Å². The van der Waals surface area contributed by atoms with E-state index in [1.54, 1.807) is 0 Å². The van der Waals surface area contributed by atoms with Crippen LogP contribution in [-0.2, 0) is 0 Å². The number of carbonyl (C=O) groups excluding carboxylic acids is 1. The maximum atomic E-state index is 10.5. The summed E-state index contributed by atoms with van der Waals surface area (Å²) in [7, 11) is 0. The van der Waals surface area contributed by atoms with E-state index < -0.39 is 5.97 Å². The van der Waals surface area contributed by atoms with Crippen LogP contribution in [0.4, 0.5) is 0 Å². The minimum absolute atomic E-state index is 0.137. The third kappa shape index (κ3) is 1.62. The summed E-state index contributed by atoms with van der Waals surface area (Å²) in [6.07, 6.45) is 0.540. The lowest BCUT2D eigenvalue weighted by Gasteiger charge is -1.86. The van der Waals surface area contributed by atoms with Crippen LogP contribution >= 0.6 is 0 Å². The van der Waals surface area contributed by atoms with Gasteiger partial charge in [-0.05, 0) is 12.1 Å². The number of carboxylic acids is 1. The number of carbonyl (C=O) groups is 2. The van der Waals surface area contributed by atoms with E-state index in [1.165, 1.54) is 12.1 Å². The van der Waals surface area contributed by atoms with Gasteiger partial charge in [0.1, 0.15) is 0 Å². The molecular weight excluding hydrogens is 202 g/mol. The Labute approximate surface area is 82.7 Å². The molecule has 0 atom stereocenters. The Bertz CT molecular complexity index is 513. The molecule has 2 aromatic rings. The van der Waals surface area contributed by atoms with Crippen molar-refractivity contribution in [3.05, 3.63) is 23.7 Å². The Morgan fingerprint density at radius 1 is 1.53 bits per heavy atom. The first-order valence-corrected chi connectivity index (χ1v) is 3.92. The summed E-state index contributed by atoms with van der Waals surface area (Å²) in [5.41, 5.74) is 0. The summed E-state index contributed by atoms with van der Waals surface area (Å²) >= 11 is 0. The smallest absolute Gasteiger partial charge is 0.375 e. The molecular formula is C8H5N3O4. The molecule has 0 fully saturated rings. The van der Waals surface area contributed by atoms with Gasteiger partial charge in [0.15, 0.2) is 23.6 Å². The van der Waals surface area contributed by atoms with Gasteiger partial charge in [-0.3, -0.25) is 9.89 Å². The predicted molar refractivity (Wildman–Crippen MR) is 46.4 cm³/mol. The van der Waals surface area contributed by atoms with Crippen LogP contribution in [0.2, 0.25) is 0 Å². The fourth-order valence-corrected chi connectivity index (χ4v) is 1.01. The van der Waals surface area contributed by atoms with Gasteiger partial charge in [0.25, 0.3) is 5.82 Å². The zero-order valence-corrected chi connectivity index (χ0v) is 7.30. The maximum absolute atomic E-state index is 10.5. The lowest BCUT2D eigenvalue weighted by Crippen LogP contribution is -1.98. The fraction of sp³-hybridized carbons (Fsp3) is 0. The molecule has 2 N–H and O–H groups in total. The summed E-state index contributed by atoms with van der Waals surface area (Å²) in [5, 5.41) is 14.4. The highest BCUT2D eigenvalue weighted by Crippen LogP contribution is 2.17. The summed E-state index contributed by atoms with van der Waals surface area (Å²) in [6.45, 7) is 0. The van der Waals surface area contributed by atoms with Crippen molar-refractivity contribution in [2.24, 2.45) is 0 Å². The van der Waals surface area contributed by atoms with Crippen LogP contribution in [0.25, 0.3) is 11.6 Å². The van der Waals surface area contributed by atoms with Crippen LogP contribution in [-0.4, -0.2) is 32.5 Å². The second-order valence-electron chi connectivity index (χ2n) is 2.63. The monoisotopic (exact) mass is 207 g/mol. The number of hydrogen-bond donors (Lipinski definition) is 2. The van der Waals surface area contributed by atoms with Gasteiger partial charge in [0.05, 0.1) is 0 Å². The number of carboxylic acid groups (broad SMARTS) is 1. The Kier molecular flexibility index (Phi) is 2.05. The Balaban J connectivity index is 2.36. The van der Waals surface area contributed by atoms with Gasteiger partial charge in [-0.15, -0.1) is 5.10 Å². The van der Waals surface area contributed by atoms with E-state index in [1.807, 2.05) is 0 Å². The number of nitrogens with zero attached hydrogens (tertiary/aromatic N) is 2. The molecule has 0 bridgehead atoms. The third-order valence-electron chi connectivity index (χ3n) is 1.65. The lowest BCUT2D eigenvalue weighted by atomic mass is 10.4. The molecule has 0 radical (unpaired) electrons. The number of hydrogen-bond acceptors (Lipinski definition) is 5. The lowest BCUT2D eigenvalue weighted by molar-refractivity contribution is 0.0684. The Morgan fingerprint density at radius 3 is 2.87 bits per heavy atom. The summed E-state index contributed by atoms with van der Waals surface area (Å²) in [6, 6.07) is 2.95. The number of rotatable bonds is 3. The first-order chi connectivity index (χ1) is 7.20. The Morgan fingerprint density at radius 2 is 2.33 bits per heavy atom.